The fraction of sp³-hybridized carbons (Fsp3) is 0.417. The minimum Gasteiger partial charge on any atom is -0.480 e. The molecule has 94 valence electrons. The lowest BCUT2D eigenvalue weighted by Gasteiger charge is -2.15. The van der Waals surface area contributed by atoms with Crippen molar-refractivity contribution < 1.29 is 14.3 Å². The maximum Gasteiger partial charge on any atom is 0.316 e. The van der Waals surface area contributed by atoms with Crippen molar-refractivity contribution in [3.8, 4) is 0 Å². The first kappa shape index (κ1) is 14.3. The Kier molecular flexibility index (Phi) is 5.28. The second-order valence-electron chi connectivity index (χ2n) is 4.05. The monoisotopic (exact) mass is 276 g/mol. The molecule has 2 nitrogen and oxygen atoms in total. The zero-order valence-corrected chi connectivity index (χ0v) is 11.2. The van der Waals surface area contributed by atoms with E-state index in [1.54, 1.807) is 0 Å². The van der Waals surface area contributed by atoms with Crippen LogP contribution in [-0.4, -0.2) is 16.3 Å². The molecule has 1 atom stereocenters. The third-order valence-electron chi connectivity index (χ3n) is 2.28. The lowest BCUT2D eigenvalue weighted by molar-refractivity contribution is -0.137. The number of halogens is 2. The summed E-state index contributed by atoms with van der Waals surface area (Å²) in [6.45, 7) is 3.67. The molecule has 1 rings (SSSR count). The van der Waals surface area contributed by atoms with Crippen LogP contribution >= 0.6 is 23.4 Å². The van der Waals surface area contributed by atoms with Crippen LogP contribution in [0.4, 0.5) is 4.39 Å². The van der Waals surface area contributed by atoms with Gasteiger partial charge in [-0.25, -0.2) is 4.39 Å². The quantitative estimate of drug-likeness (QED) is 0.888. The number of thioether (sulfide) groups is 1. The third kappa shape index (κ3) is 4.21. The molecule has 0 heterocycles. The number of benzene rings is 1. The van der Waals surface area contributed by atoms with Crippen LogP contribution in [0.5, 0.6) is 0 Å². The van der Waals surface area contributed by atoms with E-state index < -0.39 is 11.2 Å². The molecule has 0 aliphatic carbocycles. The van der Waals surface area contributed by atoms with E-state index in [1.165, 1.54) is 30.0 Å². The molecule has 0 amide bonds. The molecule has 1 aromatic carbocycles. The van der Waals surface area contributed by atoms with Crippen molar-refractivity contribution in [2.75, 3.05) is 0 Å². The lowest BCUT2D eigenvalue weighted by Crippen LogP contribution is -2.22. The lowest BCUT2D eigenvalue weighted by atomic mass is 10.1. The SMILES string of the molecule is CC(C)C(SCc1cc(Cl)ccc1F)C(=O)O. The Bertz CT molecular complexity index is 409. The Morgan fingerprint density at radius 2 is 2.18 bits per heavy atom. The van der Waals surface area contributed by atoms with Crippen molar-refractivity contribution in [1.29, 1.82) is 0 Å². The average molecular weight is 277 g/mol. The van der Waals surface area contributed by atoms with Gasteiger partial charge >= 0.3 is 5.97 Å². The van der Waals surface area contributed by atoms with Crippen LogP contribution in [0.2, 0.25) is 5.02 Å². The predicted molar refractivity (Wildman–Crippen MR) is 69.0 cm³/mol. The molecule has 0 fully saturated rings. The first-order valence-corrected chi connectivity index (χ1v) is 6.63. The molecule has 1 aromatic rings. The van der Waals surface area contributed by atoms with Crippen molar-refractivity contribution in [3.63, 3.8) is 0 Å². The van der Waals surface area contributed by atoms with Gasteiger partial charge in [0.05, 0.1) is 0 Å². The van der Waals surface area contributed by atoms with Crippen molar-refractivity contribution >= 4 is 29.3 Å². The zero-order valence-electron chi connectivity index (χ0n) is 9.61. The van der Waals surface area contributed by atoms with Crippen LogP contribution in [0.15, 0.2) is 18.2 Å². The highest BCUT2D eigenvalue weighted by atomic mass is 35.5. The van der Waals surface area contributed by atoms with Crippen LogP contribution in [0.1, 0.15) is 19.4 Å². The molecular formula is C12H14ClFO2S. The van der Waals surface area contributed by atoms with E-state index in [9.17, 15) is 9.18 Å². The number of carboxylic acid groups (broad SMARTS) is 1. The fourth-order valence-corrected chi connectivity index (χ4v) is 2.68. The van der Waals surface area contributed by atoms with E-state index >= 15 is 0 Å². The van der Waals surface area contributed by atoms with E-state index in [4.69, 9.17) is 16.7 Å². The van der Waals surface area contributed by atoms with Crippen LogP contribution in [-0.2, 0) is 10.5 Å². The summed E-state index contributed by atoms with van der Waals surface area (Å²) in [6.07, 6.45) is 0. The third-order valence-corrected chi connectivity index (χ3v) is 4.09. The summed E-state index contributed by atoms with van der Waals surface area (Å²) in [5.74, 6) is -0.913. The second-order valence-corrected chi connectivity index (χ2v) is 5.62. The Balaban J connectivity index is 2.72. The highest BCUT2D eigenvalue weighted by Gasteiger charge is 2.22. The molecule has 0 spiro atoms. The highest BCUT2D eigenvalue weighted by molar-refractivity contribution is 7.99. The number of aliphatic carboxylic acids is 1. The summed E-state index contributed by atoms with van der Waals surface area (Å²) in [4.78, 5) is 11.0. The minimum atomic E-state index is -0.868. The Hall–Kier alpha value is -0.740. The summed E-state index contributed by atoms with van der Waals surface area (Å²) >= 11 is 6.98. The average Bonchev–Trinajstić information content (AvgIpc) is 2.22. The molecule has 0 aromatic heterocycles. The van der Waals surface area contributed by atoms with Gasteiger partial charge in [0.15, 0.2) is 0 Å². The van der Waals surface area contributed by atoms with Crippen molar-refractivity contribution in [3.05, 3.63) is 34.6 Å². The molecule has 0 saturated carbocycles. The molecule has 0 saturated heterocycles. The van der Waals surface area contributed by atoms with Crippen LogP contribution in [0, 0.1) is 11.7 Å². The number of hydrogen-bond donors (Lipinski definition) is 1. The number of hydrogen-bond acceptors (Lipinski definition) is 2. The summed E-state index contributed by atoms with van der Waals surface area (Å²) in [6, 6.07) is 4.30. The van der Waals surface area contributed by atoms with Gasteiger partial charge in [0, 0.05) is 10.8 Å². The normalized spacial score (nSPS) is 12.8. The molecule has 1 N–H and O–H groups in total. The smallest absolute Gasteiger partial charge is 0.316 e. The summed E-state index contributed by atoms with van der Waals surface area (Å²) in [5.41, 5.74) is 0.439. The molecular weight excluding hydrogens is 263 g/mol. The van der Waals surface area contributed by atoms with Crippen LogP contribution in [0.3, 0.4) is 0 Å². The number of rotatable bonds is 5. The van der Waals surface area contributed by atoms with E-state index in [1.807, 2.05) is 13.8 Å². The number of carbonyl (C=O) groups is 1. The Labute approximate surface area is 109 Å². The van der Waals surface area contributed by atoms with E-state index in [0.717, 1.165) is 0 Å². The topological polar surface area (TPSA) is 37.3 Å². The van der Waals surface area contributed by atoms with Gasteiger partial charge in [0.2, 0.25) is 0 Å². The first-order valence-electron chi connectivity index (χ1n) is 5.20. The van der Waals surface area contributed by atoms with E-state index in [-0.39, 0.29) is 11.7 Å². The fourth-order valence-electron chi connectivity index (χ4n) is 1.38. The van der Waals surface area contributed by atoms with Gasteiger partial charge < -0.3 is 5.11 Å². The summed E-state index contributed by atoms with van der Waals surface area (Å²) < 4.78 is 13.4. The summed E-state index contributed by atoms with van der Waals surface area (Å²) in [7, 11) is 0. The molecule has 0 aliphatic heterocycles. The van der Waals surface area contributed by atoms with Gasteiger partial charge in [-0.15, -0.1) is 11.8 Å². The van der Waals surface area contributed by atoms with Gasteiger partial charge in [0.1, 0.15) is 11.1 Å². The molecule has 1 unspecified atom stereocenters. The second kappa shape index (κ2) is 6.26. The molecule has 17 heavy (non-hydrogen) atoms. The van der Waals surface area contributed by atoms with Crippen molar-refractivity contribution in [1.82, 2.24) is 0 Å². The van der Waals surface area contributed by atoms with Gasteiger partial charge in [0.25, 0.3) is 0 Å². The molecule has 0 aliphatic rings. The van der Waals surface area contributed by atoms with Gasteiger partial charge in [-0.3, -0.25) is 4.79 Å². The molecule has 5 heteroatoms. The van der Waals surface area contributed by atoms with Crippen molar-refractivity contribution in [2.45, 2.75) is 24.9 Å². The molecule has 0 bridgehead atoms. The zero-order chi connectivity index (χ0) is 13.0. The maximum absolute atomic E-state index is 13.4. The summed E-state index contributed by atoms with van der Waals surface area (Å²) in [5, 5.41) is 8.93. The van der Waals surface area contributed by atoms with Gasteiger partial charge in [-0.1, -0.05) is 25.4 Å². The van der Waals surface area contributed by atoms with Crippen molar-refractivity contribution in [2.24, 2.45) is 5.92 Å². The standard InChI is InChI=1S/C12H14ClFO2S/c1-7(2)11(12(15)16)17-6-8-5-9(13)3-4-10(8)14/h3-5,7,11H,6H2,1-2H3,(H,15,16). The Morgan fingerprint density at radius 3 is 2.71 bits per heavy atom. The minimum absolute atomic E-state index is 0.000236. The predicted octanol–water partition coefficient (Wildman–Crippen LogP) is 3.82. The Morgan fingerprint density at radius 1 is 1.53 bits per heavy atom. The van der Waals surface area contributed by atoms with Crippen LogP contribution in [0.25, 0.3) is 0 Å². The largest absolute Gasteiger partial charge is 0.480 e. The first-order chi connectivity index (χ1) is 7.91. The highest BCUT2D eigenvalue weighted by Crippen LogP contribution is 2.26. The van der Waals surface area contributed by atoms with Gasteiger partial charge in [-0.2, -0.15) is 0 Å². The van der Waals surface area contributed by atoms with E-state index in [0.29, 0.717) is 16.3 Å². The maximum atomic E-state index is 13.4. The van der Waals surface area contributed by atoms with Gasteiger partial charge in [-0.05, 0) is 29.7 Å². The molecule has 0 radical (unpaired) electrons. The number of carboxylic acids is 1. The van der Waals surface area contributed by atoms with E-state index in [2.05, 4.69) is 0 Å². The van der Waals surface area contributed by atoms with Crippen LogP contribution < -0.4 is 0 Å².